The number of aryl methyl sites for hydroxylation is 3. The standard InChI is InChI=1S/C33H32BrClN2O2S/c1-21-13-14-22(2)28(17-21)37-32(38)31-26-10-5-3-4-6-12-30(26)40-33(31)36-19-24-18-25(34)15-16-29(24)39-20-23-9-7-8-11-27(23)35/h7-9,11,13-19H,3-6,10,12,20H2,1-2H3,(H,37,38). The lowest BCUT2D eigenvalue weighted by atomic mass is 9.96. The maximum atomic E-state index is 13.8. The van der Waals surface area contributed by atoms with Crippen LogP contribution in [0.4, 0.5) is 10.7 Å². The molecule has 4 aromatic rings. The van der Waals surface area contributed by atoms with E-state index in [4.69, 9.17) is 21.3 Å². The number of rotatable bonds is 7. The van der Waals surface area contributed by atoms with Gasteiger partial charge in [0.05, 0.1) is 5.56 Å². The molecule has 0 unspecified atom stereocenters. The monoisotopic (exact) mass is 634 g/mol. The van der Waals surface area contributed by atoms with Gasteiger partial charge in [-0.15, -0.1) is 11.3 Å². The molecule has 1 amide bonds. The van der Waals surface area contributed by atoms with Crippen molar-refractivity contribution in [3.63, 3.8) is 0 Å². The molecule has 0 radical (unpaired) electrons. The van der Waals surface area contributed by atoms with Crippen LogP contribution in [0.5, 0.6) is 5.75 Å². The highest BCUT2D eigenvalue weighted by molar-refractivity contribution is 9.10. The molecule has 1 aromatic heterocycles. The minimum Gasteiger partial charge on any atom is -0.488 e. The first-order valence-electron chi connectivity index (χ1n) is 13.6. The van der Waals surface area contributed by atoms with Crippen LogP contribution in [-0.2, 0) is 19.4 Å². The molecular formula is C33H32BrClN2O2S. The van der Waals surface area contributed by atoms with E-state index >= 15 is 0 Å². The van der Waals surface area contributed by atoms with E-state index in [0.29, 0.717) is 22.9 Å². The second-order valence-electron chi connectivity index (χ2n) is 10.2. The number of aliphatic imine (C=N–C) groups is 1. The minimum atomic E-state index is -0.0941. The molecule has 1 N–H and O–H groups in total. The molecule has 0 spiro atoms. The Morgan fingerprint density at radius 2 is 1.85 bits per heavy atom. The first kappa shape index (κ1) is 28.6. The van der Waals surface area contributed by atoms with E-state index in [9.17, 15) is 4.79 Å². The van der Waals surface area contributed by atoms with Crippen molar-refractivity contribution in [3.05, 3.63) is 108 Å². The number of hydrogen-bond donors (Lipinski definition) is 1. The van der Waals surface area contributed by atoms with Gasteiger partial charge in [0, 0.05) is 37.4 Å². The van der Waals surface area contributed by atoms with Gasteiger partial charge in [0.1, 0.15) is 17.4 Å². The number of fused-ring (bicyclic) bond motifs is 1. The number of anilines is 1. The fourth-order valence-electron chi connectivity index (χ4n) is 4.94. The van der Waals surface area contributed by atoms with Crippen molar-refractivity contribution in [2.75, 3.05) is 5.32 Å². The summed E-state index contributed by atoms with van der Waals surface area (Å²) in [6, 6.07) is 19.6. The van der Waals surface area contributed by atoms with Gasteiger partial charge < -0.3 is 10.1 Å². The average Bonchev–Trinajstić information content (AvgIpc) is 3.26. The van der Waals surface area contributed by atoms with Gasteiger partial charge in [-0.25, -0.2) is 4.99 Å². The van der Waals surface area contributed by atoms with Crippen molar-refractivity contribution in [2.45, 2.75) is 59.0 Å². The maximum Gasteiger partial charge on any atom is 0.259 e. The summed E-state index contributed by atoms with van der Waals surface area (Å²) in [5.41, 5.74) is 6.58. The Kier molecular flexibility index (Phi) is 9.40. The summed E-state index contributed by atoms with van der Waals surface area (Å²) in [5, 5.41) is 4.61. The van der Waals surface area contributed by atoms with Crippen LogP contribution in [0.2, 0.25) is 5.02 Å². The molecule has 0 atom stereocenters. The highest BCUT2D eigenvalue weighted by atomic mass is 79.9. The van der Waals surface area contributed by atoms with Gasteiger partial charge in [0.2, 0.25) is 0 Å². The molecule has 0 bridgehead atoms. The summed E-state index contributed by atoms with van der Waals surface area (Å²) in [7, 11) is 0. The first-order valence-corrected chi connectivity index (χ1v) is 15.6. The molecule has 0 saturated heterocycles. The molecule has 0 fully saturated rings. The lowest BCUT2D eigenvalue weighted by molar-refractivity contribution is 0.102. The third kappa shape index (κ3) is 6.85. The molecule has 0 aliphatic heterocycles. The third-order valence-corrected chi connectivity index (χ3v) is 9.22. The fraction of sp³-hybridized carbons (Fsp3) is 0.273. The van der Waals surface area contributed by atoms with Gasteiger partial charge in [-0.1, -0.05) is 70.7 Å². The Balaban J connectivity index is 1.48. The number of nitrogens with zero attached hydrogens (tertiary/aromatic N) is 1. The second-order valence-corrected chi connectivity index (χ2v) is 12.6. The lowest BCUT2D eigenvalue weighted by Gasteiger charge is -2.13. The predicted octanol–water partition coefficient (Wildman–Crippen LogP) is 10.0. The Labute approximate surface area is 253 Å². The van der Waals surface area contributed by atoms with Crippen LogP contribution in [0.1, 0.15) is 68.7 Å². The second kappa shape index (κ2) is 13.2. The summed E-state index contributed by atoms with van der Waals surface area (Å²) in [4.78, 5) is 20.0. The summed E-state index contributed by atoms with van der Waals surface area (Å²) in [6.07, 6.45) is 8.34. The van der Waals surface area contributed by atoms with E-state index in [-0.39, 0.29) is 5.91 Å². The Morgan fingerprint density at radius 3 is 2.67 bits per heavy atom. The van der Waals surface area contributed by atoms with Crippen molar-refractivity contribution in [1.29, 1.82) is 0 Å². The average molecular weight is 636 g/mol. The number of nitrogens with one attached hydrogen (secondary N) is 1. The molecule has 40 heavy (non-hydrogen) atoms. The predicted molar refractivity (Wildman–Crippen MR) is 171 cm³/mol. The number of amides is 1. The zero-order chi connectivity index (χ0) is 28.1. The molecule has 0 saturated carbocycles. The summed E-state index contributed by atoms with van der Waals surface area (Å²) in [5.74, 6) is 0.603. The topological polar surface area (TPSA) is 50.7 Å². The Bertz CT molecular complexity index is 1560. The number of thiophene rings is 1. The normalized spacial score (nSPS) is 13.5. The fourth-order valence-corrected chi connectivity index (χ4v) is 6.74. The van der Waals surface area contributed by atoms with Crippen LogP contribution in [0.25, 0.3) is 0 Å². The van der Waals surface area contributed by atoms with Crippen molar-refractivity contribution < 1.29 is 9.53 Å². The van der Waals surface area contributed by atoms with E-state index in [0.717, 1.165) is 68.7 Å². The lowest BCUT2D eigenvalue weighted by Crippen LogP contribution is -2.15. The first-order chi connectivity index (χ1) is 19.4. The molecule has 1 aliphatic carbocycles. The van der Waals surface area contributed by atoms with Crippen molar-refractivity contribution in [3.8, 4) is 5.75 Å². The van der Waals surface area contributed by atoms with Crippen LogP contribution in [0.3, 0.4) is 0 Å². The number of halogens is 2. The van der Waals surface area contributed by atoms with E-state index in [1.807, 2.05) is 68.4 Å². The van der Waals surface area contributed by atoms with Crippen LogP contribution in [0, 0.1) is 13.8 Å². The third-order valence-electron chi connectivity index (χ3n) is 7.15. The smallest absolute Gasteiger partial charge is 0.259 e. The number of hydrogen-bond acceptors (Lipinski definition) is 4. The van der Waals surface area contributed by atoms with Crippen molar-refractivity contribution in [2.24, 2.45) is 4.99 Å². The summed E-state index contributed by atoms with van der Waals surface area (Å²) >= 11 is 11.6. The van der Waals surface area contributed by atoms with Gasteiger partial charge in [0.15, 0.2) is 0 Å². The van der Waals surface area contributed by atoms with E-state index in [2.05, 4.69) is 27.3 Å². The number of carbonyl (C=O) groups is 1. The van der Waals surface area contributed by atoms with Crippen molar-refractivity contribution in [1.82, 2.24) is 0 Å². The highest BCUT2D eigenvalue weighted by Crippen LogP contribution is 2.40. The summed E-state index contributed by atoms with van der Waals surface area (Å²) in [6.45, 7) is 4.40. The Morgan fingerprint density at radius 1 is 1.05 bits per heavy atom. The van der Waals surface area contributed by atoms with Gasteiger partial charge in [-0.3, -0.25) is 4.79 Å². The molecule has 4 nitrogen and oxygen atoms in total. The minimum absolute atomic E-state index is 0.0941. The van der Waals surface area contributed by atoms with Gasteiger partial charge in [-0.2, -0.15) is 0 Å². The molecule has 7 heteroatoms. The molecular weight excluding hydrogens is 604 g/mol. The SMILES string of the molecule is Cc1ccc(C)c(NC(=O)c2c(N=Cc3cc(Br)ccc3OCc3ccccc3Cl)sc3c2CCCCCC3)c1. The van der Waals surface area contributed by atoms with Crippen LogP contribution < -0.4 is 10.1 Å². The van der Waals surface area contributed by atoms with E-state index in [1.54, 1.807) is 17.6 Å². The quantitative estimate of drug-likeness (QED) is 0.206. The molecule has 5 rings (SSSR count). The zero-order valence-electron chi connectivity index (χ0n) is 22.7. The van der Waals surface area contributed by atoms with Gasteiger partial charge in [-0.05, 0) is 86.6 Å². The van der Waals surface area contributed by atoms with E-state index < -0.39 is 0 Å². The molecule has 3 aromatic carbocycles. The molecule has 1 heterocycles. The number of carbonyl (C=O) groups excluding carboxylic acids is 1. The van der Waals surface area contributed by atoms with Crippen LogP contribution >= 0.6 is 38.9 Å². The Hall–Kier alpha value is -2.93. The largest absolute Gasteiger partial charge is 0.488 e. The number of benzene rings is 3. The van der Waals surface area contributed by atoms with E-state index in [1.165, 1.54) is 17.7 Å². The highest BCUT2D eigenvalue weighted by Gasteiger charge is 2.24. The van der Waals surface area contributed by atoms with Crippen molar-refractivity contribution >= 4 is 61.7 Å². The molecule has 1 aliphatic rings. The maximum absolute atomic E-state index is 13.8. The number of ether oxygens (including phenoxy) is 1. The van der Waals surface area contributed by atoms with Gasteiger partial charge in [0.25, 0.3) is 5.91 Å². The zero-order valence-corrected chi connectivity index (χ0v) is 25.9. The molecule has 206 valence electrons. The van der Waals surface area contributed by atoms with Crippen LogP contribution in [-0.4, -0.2) is 12.1 Å². The summed E-state index contributed by atoms with van der Waals surface area (Å²) < 4.78 is 7.09. The van der Waals surface area contributed by atoms with Crippen LogP contribution in [0.15, 0.2) is 70.1 Å². The van der Waals surface area contributed by atoms with Gasteiger partial charge >= 0.3 is 0 Å².